The minimum atomic E-state index is -1.50. The number of aromatic nitrogens is 1. The third-order valence-electron chi connectivity index (χ3n) is 6.11. The van der Waals surface area contributed by atoms with Crippen LogP contribution in [0.3, 0.4) is 0 Å². The molecule has 0 unspecified atom stereocenters. The lowest BCUT2D eigenvalue weighted by molar-refractivity contribution is -0.662. The van der Waals surface area contributed by atoms with Crippen LogP contribution >= 0.6 is 11.8 Å². The first-order valence-electron chi connectivity index (χ1n) is 11.5. The van der Waals surface area contributed by atoms with E-state index in [9.17, 15) is 15.2 Å². The molecule has 0 saturated heterocycles. The summed E-state index contributed by atoms with van der Waals surface area (Å²) in [5.74, 6) is 0. The van der Waals surface area contributed by atoms with Crippen molar-refractivity contribution in [2.45, 2.75) is 11.4 Å². The van der Waals surface area contributed by atoms with Crippen molar-refractivity contribution in [2.24, 2.45) is 0 Å². The molecular weight excluding hydrogens is 582 g/mol. The van der Waals surface area contributed by atoms with Crippen LogP contribution in [0.2, 0.25) is 0 Å². The van der Waals surface area contributed by atoms with Crippen molar-refractivity contribution >= 4 is 47.0 Å². The fraction of sp³-hybridized carbons (Fsp3) is 0.107. The Morgan fingerprint density at radius 2 is 1.67 bits per heavy atom. The number of hydrogen-bond donors (Lipinski definition) is 3. The number of aliphatic hydroxyl groups excluding tert-OH is 1. The van der Waals surface area contributed by atoms with Crippen LogP contribution in [0.1, 0.15) is 11.1 Å². The fourth-order valence-electron chi connectivity index (χ4n) is 4.45. The van der Waals surface area contributed by atoms with E-state index in [0.29, 0.717) is 18.6 Å². The molecule has 0 aliphatic carbocycles. The van der Waals surface area contributed by atoms with Gasteiger partial charge in [0, 0.05) is 29.1 Å². The SMILES string of the molecule is OCCN1/C(=C\C=C\c2cc[n+](Cc3ccccc3B(O)O)c3ccccc23)Sc2ccccc21.[I-]. The largest absolute Gasteiger partial charge is 1.00 e. The third kappa shape index (κ3) is 5.53. The van der Waals surface area contributed by atoms with Crippen LogP contribution < -0.4 is 38.9 Å². The van der Waals surface area contributed by atoms with Crippen LogP contribution in [-0.4, -0.2) is 35.4 Å². The zero-order chi connectivity index (χ0) is 24.2. The number of hydrogen-bond acceptors (Lipinski definition) is 5. The molecule has 0 atom stereocenters. The van der Waals surface area contributed by atoms with E-state index in [4.69, 9.17) is 0 Å². The van der Waals surface area contributed by atoms with Crippen LogP contribution in [0.4, 0.5) is 5.69 Å². The number of aliphatic hydroxyl groups is 1. The number of benzene rings is 3. The van der Waals surface area contributed by atoms with E-state index >= 15 is 0 Å². The molecule has 4 aromatic rings. The Morgan fingerprint density at radius 3 is 2.50 bits per heavy atom. The van der Waals surface area contributed by atoms with Crippen LogP contribution in [0.25, 0.3) is 17.0 Å². The van der Waals surface area contributed by atoms with Gasteiger partial charge in [0.2, 0.25) is 5.52 Å². The van der Waals surface area contributed by atoms with E-state index in [1.807, 2.05) is 48.7 Å². The molecule has 3 N–H and O–H groups in total. The molecule has 1 aromatic heterocycles. The van der Waals surface area contributed by atoms with Gasteiger partial charge in [-0.05, 0) is 35.3 Å². The second-order valence-electron chi connectivity index (χ2n) is 8.30. The predicted octanol–water partition coefficient (Wildman–Crippen LogP) is 0.319. The summed E-state index contributed by atoms with van der Waals surface area (Å²) < 4.78 is 2.12. The average molecular weight is 608 g/mol. The van der Waals surface area contributed by atoms with Crippen molar-refractivity contribution < 1.29 is 43.7 Å². The van der Waals surface area contributed by atoms with Gasteiger partial charge in [0.05, 0.1) is 22.7 Å². The minimum Gasteiger partial charge on any atom is -1.00 e. The number of fused-ring (bicyclic) bond motifs is 2. The molecule has 8 heteroatoms. The number of rotatable bonds is 7. The predicted molar refractivity (Wildman–Crippen MR) is 143 cm³/mol. The van der Waals surface area contributed by atoms with Crippen LogP contribution in [0.5, 0.6) is 0 Å². The summed E-state index contributed by atoms with van der Waals surface area (Å²) >= 11 is 1.71. The molecule has 3 aromatic carbocycles. The van der Waals surface area contributed by atoms with E-state index in [1.165, 1.54) is 4.90 Å². The Bertz CT molecular complexity index is 1430. The molecule has 0 radical (unpaired) electrons. The Morgan fingerprint density at radius 1 is 0.917 bits per heavy atom. The summed E-state index contributed by atoms with van der Waals surface area (Å²) in [5, 5.41) is 31.2. The number of pyridine rings is 1. The Balaban J connectivity index is 0.00000304. The molecule has 0 spiro atoms. The zero-order valence-corrected chi connectivity index (χ0v) is 22.5. The fourth-order valence-corrected chi connectivity index (χ4v) is 5.55. The minimum absolute atomic E-state index is 0. The van der Waals surface area contributed by atoms with Crippen molar-refractivity contribution in [2.75, 3.05) is 18.1 Å². The quantitative estimate of drug-likeness (QED) is 0.160. The molecule has 5 nitrogen and oxygen atoms in total. The van der Waals surface area contributed by atoms with Crippen molar-refractivity contribution in [1.82, 2.24) is 0 Å². The Kier molecular flexibility index (Phi) is 8.87. The second kappa shape index (κ2) is 12.1. The molecular formula is C28H26BIN2O3S. The molecule has 0 saturated carbocycles. The summed E-state index contributed by atoms with van der Waals surface area (Å²) in [6.45, 7) is 1.19. The van der Waals surface area contributed by atoms with Gasteiger partial charge in [-0.25, -0.2) is 0 Å². The van der Waals surface area contributed by atoms with Gasteiger partial charge < -0.3 is 44.0 Å². The number of para-hydroxylation sites is 2. The van der Waals surface area contributed by atoms with Crippen molar-refractivity contribution in [3.63, 3.8) is 0 Å². The highest BCUT2D eigenvalue weighted by atomic mass is 127. The number of β-amino-alcohol motifs (C(OH)–C–C–N with tert-alkyl or cyclic N) is 1. The maximum absolute atomic E-state index is 9.75. The van der Waals surface area contributed by atoms with Gasteiger partial charge in [0.1, 0.15) is 0 Å². The van der Waals surface area contributed by atoms with E-state index in [-0.39, 0.29) is 30.6 Å². The lowest BCUT2D eigenvalue weighted by atomic mass is 9.77. The number of nitrogens with zero attached hydrogens (tertiary/aromatic N) is 2. The standard InChI is InChI=1S/C28H26BN2O3S.HI/c32-19-18-31-26-13-5-6-14-27(26)35-28(31)15-7-9-21-16-17-30(25-12-4-2-10-23(21)25)20-22-8-1-3-11-24(22)29(33)34;/h1-17,32-34H,18-20H2;1H/q+1;/p-1. The van der Waals surface area contributed by atoms with E-state index < -0.39 is 7.12 Å². The highest BCUT2D eigenvalue weighted by molar-refractivity contribution is 8.03. The number of anilines is 1. The van der Waals surface area contributed by atoms with Gasteiger partial charge in [0.25, 0.3) is 0 Å². The normalized spacial score (nSPS) is 13.9. The Labute approximate surface area is 232 Å². The summed E-state index contributed by atoms with van der Waals surface area (Å²) in [4.78, 5) is 3.34. The van der Waals surface area contributed by atoms with Crippen LogP contribution in [0.15, 0.2) is 107 Å². The Hall–Kier alpha value is -2.63. The van der Waals surface area contributed by atoms with Crippen molar-refractivity contribution in [3.8, 4) is 0 Å². The van der Waals surface area contributed by atoms with Gasteiger partial charge >= 0.3 is 7.12 Å². The molecule has 5 rings (SSSR count). The van der Waals surface area contributed by atoms with Gasteiger partial charge in [0.15, 0.2) is 12.7 Å². The number of halogens is 1. The molecule has 182 valence electrons. The molecule has 1 aliphatic heterocycles. The molecule has 0 bridgehead atoms. The second-order valence-corrected chi connectivity index (χ2v) is 9.36. The van der Waals surface area contributed by atoms with Crippen LogP contribution in [-0.2, 0) is 6.54 Å². The molecule has 2 heterocycles. The lowest BCUT2D eigenvalue weighted by Crippen LogP contribution is -3.00. The first-order valence-corrected chi connectivity index (χ1v) is 12.4. The average Bonchev–Trinajstić information content (AvgIpc) is 3.23. The zero-order valence-electron chi connectivity index (χ0n) is 19.5. The molecule has 0 amide bonds. The maximum atomic E-state index is 9.75. The summed E-state index contributed by atoms with van der Waals surface area (Å²) in [6.07, 6.45) is 8.29. The smallest absolute Gasteiger partial charge is 0.488 e. The highest BCUT2D eigenvalue weighted by Gasteiger charge is 2.23. The van der Waals surface area contributed by atoms with Crippen molar-refractivity contribution in [1.29, 1.82) is 0 Å². The number of thioether (sulfide) groups is 1. The topological polar surface area (TPSA) is 67.8 Å². The monoisotopic (exact) mass is 608 g/mol. The van der Waals surface area contributed by atoms with Crippen LogP contribution in [0, 0.1) is 0 Å². The summed E-state index contributed by atoms with van der Waals surface area (Å²) in [6, 6.07) is 25.9. The van der Waals surface area contributed by atoms with E-state index in [2.05, 4.69) is 58.0 Å². The van der Waals surface area contributed by atoms with Crippen molar-refractivity contribution in [3.05, 3.63) is 113 Å². The lowest BCUT2D eigenvalue weighted by Gasteiger charge is -2.18. The first kappa shape index (κ1) is 26.4. The molecule has 36 heavy (non-hydrogen) atoms. The van der Waals surface area contributed by atoms with Gasteiger partial charge in [-0.15, -0.1) is 0 Å². The third-order valence-corrected chi connectivity index (χ3v) is 7.24. The first-order chi connectivity index (χ1) is 17.2. The van der Waals surface area contributed by atoms with E-state index in [0.717, 1.165) is 32.7 Å². The van der Waals surface area contributed by atoms with Gasteiger partial charge in [-0.3, -0.25) is 0 Å². The summed E-state index contributed by atoms with van der Waals surface area (Å²) in [7, 11) is -1.50. The van der Waals surface area contributed by atoms with Gasteiger partial charge in [-0.2, -0.15) is 4.57 Å². The highest BCUT2D eigenvalue weighted by Crippen LogP contribution is 2.45. The molecule has 0 fully saturated rings. The maximum Gasteiger partial charge on any atom is 0.488 e. The van der Waals surface area contributed by atoms with E-state index in [1.54, 1.807) is 17.8 Å². The summed E-state index contributed by atoms with van der Waals surface area (Å²) in [5.41, 5.74) is 4.67. The number of allylic oxidation sites excluding steroid dienone is 2. The van der Waals surface area contributed by atoms with Gasteiger partial charge in [-0.1, -0.05) is 72.4 Å². The molecule has 1 aliphatic rings.